The number of methoxy groups -OCH3 is 2. The van der Waals surface area contributed by atoms with Crippen molar-refractivity contribution in [1.29, 1.82) is 0 Å². The van der Waals surface area contributed by atoms with Crippen LogP contribution in [-0.2, 0) is 9.53 Å². The molecule has 1 atom stereocenters. The van der Waals surface area contributed by atoms with Gasteiger partial charge in [-0.3, -0.25) is 14.9 Å². The minimum absolute atomic E-state index is 0.0489. The highest BCUT2D eigenvalue weighted by Crippen LogP contribution is 2.34. The largest absolute Gasteiger partial charge is 0.493 e. The summed E-state index contributed by atoms with van der Waals surface area (Å²) in [5, 5.41) is 16.3. The number of ether oxygens (including phenoxy) is 3. The summed E-state index contributed by atoms with van der Waals surface area (Å²) in [6, 6.07) is 10.9. The van der Waals surface area contributed by atoms with Crippen molar-refractivity contribution in [3.8, 4) is 11.5 Å². The van der Waals surface area contributed by atoms with Crippen LogP contribution >= 0.6 is 0 Å². The second-order valence-electron chi connectivity index (χ2n) is 5.66. The number of carbonyl (C=O) groups is 1. The average molecular weight is 371 g/mol. The van der Waals surface area contributed by atoms with Crippen LogP contribution in [0, 0.1) is 10.1 Å². The third-order valence-corrected chi connectivity index (χ3v) is 3.99. The lowest BCUT2D eigenvalue weighted by Crippen LogP contribution is -2.25. The monoisotopic (exact) mass is 371 g/mol. The molecule has 1 aliphatic heterocycles. The summed E-state index contributed by atoms with van der Waals surface area (Å²) in [5.41, 5.74) is 1.12. The molecule has 9 heteroatoms. The molecular formula is C18H17N3O6. The zero-order valence-corrected chi connectivity index (χ0v) is 14.9. The maximum absolute atomic E-state index is 12.0. The Morgan fingerprint density at radius 1 is 1.15 bits per heavy atom. The summed E-state index contributed by atoms with van der Waals surface area (Å²) < 4.78 is 16.4. The van der Waals surface area contributed by atoms with Crippen LogP contribution in [-0.4, -0.2) is 36.0 Å². The molecule has 0 saturated carbocycles. The van der Waals surface area contributed by atoms with Crippen molar-refractivity contribution in [2.24, 2.45) is 5.10 Å². The molecule has 0 aliphatic carbocycles. The first-order valence-corrected chi connectivity index (χ1v) is 7.96. The van der Waals surface area contributed by atoms with Crippen LogP contribution in [0.3, 0.4) is 0 Å². The lowest BCUT2D eigenvalue weighted by molar-refractivity contribution is -0.384. The van der Waals surface area contributed by atoms with Gasteiger partial charge in [0.2, 0.25) is 18.0 Å². The van der Waals surface area contributed by atoms with E-state index in [4.69, 9.17) is 14.2 Å². The minimum atomic E-state index is -0.814. The number of benzene rings is 2. The molecular weight excluding hydrogens is 354 g/mol. The number of rotatable bonds is 5. The summed E-state index contributed by atoms with van der Waals surface area (Å²) in [5.74, 6) is 0.952. The molecule has 0 unspecified atom stereocenters. The highest BCUT2D eigenvalue weighted by molar-refractivity contribution is 5.97. The predicted molar refractivity (Wildman–Crippen MR) is 95.5 cm³/mol. The average Bonchev–Trinajstić information content (AvgIpc) is 3.13. The van der Waals surface area contributed by atoms with E-state index in [2.05, 4.69) is 5.10 Å². The third-order valence-electron chi connectivity index (χ3n) is 3.99. The van der Waals surface area contributed by atoms with Crippen molar-refractivity contribution in [1.82, 2.24) is 5.01 Å². The molecule has 3 rings (SSSR count). The second kappa shape index (κ2) is 7.32. The van der Waals surface area contributed by atoms with Gasteiger partial charge in [0, 0.05) is 30.2 Å². The maximum Gasteiger partial charge on any atom is 0.269 e. The first-order valence-electron chi connectivity index (χ1n) is 7.96. The Labute approximate surface area is 154 Å². The molecule has 9 nitrogen and oxygen atoms in total. The van der Waals surface area contributed by atoms with Crippen molar-refractivity contribution < 1.29 is 23.9 Å². The lowest BCUT2D eigenvalue weighted by atomic mass is 10.1. The van der Waals surface area contributed by atoms with Gasteiger partial charge in [-0.25, -0.2) is 0 Å². The summed E-state index contributed by atoms with van der Waals surface area (Å²) >= 11 is 0. The molecule has 1 amide bonds. The topological polar surface area (TPSA) is 104 Å². The van der Waals surface area contributed by atoms with Gasteiger partial charge in [-0.15, -0.1) is 5.10 Å². The van der Waals surface area contributed by atoms with Gasteiger partial charge in [0.15, 0.2) is 11.5 Å². The number of nitro groups is 1. The summed E-state index contributed by atoms with van der Waals surface area (Å²) in [6.45, 7) is 1.36. The predicted octanol–water partition coefficient (Wildman–Crippen LogP) is 2.85. The van der Waals surface area contributed by atoms with E-state index in [0.717, 1.165) is 0 Å². The molecule has 1 aliphatic rings. The van der Waals surface area contributed by atoms with Crippen LogP contribution in [0.4, 0.5) is 5.69 Å². The van der Waals surface area contributed by atoms with E-state index in [-0.39, 0.29) is 17.5 Å². The molecule has 140 valence electrons. The first-order chi connectivity index (χ1) is 12.9. The normalized spacial score (nSPS) is 15.7. The molecule has 1 heterocycles. The van der Waals surface area contributed by atoms with Crippen molar-refractivity contribution in [3.05, 3.63) is 63.7 Å². The van der Waals surface area contributed by atoms with Crippen LogP contribution in [0.5, 0.6) is 11.5 Å². The molecule has 0 aromatic heterocycles. The number of amides is 1. The highest BCUT2D eigenvalue weighted by Gasteiger charge is 2.33. The number of hydrazone groups is 1. The fourth-order valence-electron chi connectivity index (χ4n) is 2.63. The Kier molecular flexibility index (Phi) is 4.93. The fourth-order valence-corrected chi connectivity index (χ4v) is 2.63. The van der Waals surface area contributed by atoms with Gasteiger partial charge in [0.05, 0.1) is 19.1 Å². The number of non-ortho nitro benzene ring substituents is 1. The smallest absolute Gasteiger partial charge is 0.269 e. The van der Waals surface area contributed by atoms with E-state index in [9.17, 15) is 14.9 Å². The fraction of sp³-hybridized carbons (Fsp3) is 0.222. The van der Waals surface area contributed by atoms with Crippen LogP contribution in [0.2, 0.25) is 0 Å². The zero-order chi connectivity index (χ0) is 19.6. The van der Waals surface area contributed by atoms with E-state index in [1.807, 2.05) is 0 Å². The molecule has 27 heavy (non-hydrogen) atoms. The molecule has 0 radical (unpaired) electrons. The maximum atomic E-state index is 12.0. The van der Waals surface area contributed by atoms with Crippen LogP contribution < -0.4 is 9.47 Å². The standard InChI is InChI=1S/C18H17N3O6/c1-11(22)20-18(12-4-7-14(8-5-12)21(23)24)27-17(19-20)13-6-9-15(25-2)16(10-13)26-3/h4-10,18H,1-3H3/t18-/m0/s1. The number of carbonyl (C=O) groups excluding carboxylic acids is 1. The number of nitro benzene ring substituents is 1. The molecule has 2 aromatic carbocycles. The molecule has 0 spiro atoms. The van der Waals surface area contributed by atoms with Crippen molar-refractivity contribution >= 4 is 17.5 Å². The first kappa shape index (κ1) is 18.2. The van der Waals surface area contributed by atoms with Gasteiger partial charge in [-0.05, 0) is 30.3 Å². The Hall–Kier alpha value is -3.62. The Balaban J connectivity index is 1.92. The molecule has 0 bridgehead atoms. The SMILES string of the molecule is COc1ccc(C2=NN(C(C)=O)[C@H](c3ccc([N+](=O)[O-])cc3)O2)cc1OC. The van der Waals surface area contributed by atoms with Crippen molar-refractivity contribution in [2.45, 2.75) is 13.2 Å². The number of nitrogens with zero attached hydrogens (tertiary/aromatic N) is 3. The van der Waals surface area contributed by atoms with Crippen LogP contribution in [0.25, 0.3) is 0 Å². The quantitative estimate of drug-likeness (QED) is 0.591. The van der Waals surface area contributed by atoms with Crippen LogP contribution in [0.1, 0.15) is 24.3 Å². The zero-order valence-electron chi connectivity index (χ0n) is 14.9. The van der Waals surface area contributed by atoms with E-state index in [1.54, 1.807) is 18.2 Å². The molecule has 2 aromatic rings. The lowest BCUT2D eigenvalue weighted by Gasteiger charge is -2.19. The number of hydrogen-bond donors (Lipinski definition) is 0. The van der Waals surface area contributed by atoms with E-state index in [0.29, 0.717) is 22.6 Å². The Morgan fingerprint density at radius 3 is 2.37 bits per heavy atom. The van der Waals surface area contributed by atoms with Crippen molar-refractivity contribution in [2.75, 3.05) is 14.2 Å². The highest BCUT2D eigenvalue weighted by atomic mass is 16.6. The second-order valence-corrected chi connectivity index (χ2v) is 5.66. The van der Waals surface area contributed by atoms with E-state index in [1.165, 1.54) is 50.4 Å². The summed E-state index contributed by atoms with van der Waals surface area (Å²) in [7, 11) is 3.05. The molecule has 0 N–H and O–H groups in total. The van der Waals surface area contributed by atoms with Crippen LogP contribution in [0.15, 0.2) is 47.6 Å². The van der Waals surface area contributed by atoms with Gasteiger partial charge < -0.3 is 14.2 Å². The Morgan fingerprint density at radius 2 is 1.81 bits per heavy atom. The Bertz CT molecular complexity index is 910. The van der Waals surface area contributed by atoms with E-state index < -0.39 is 11.2 Å². The van der Waals surface area contributed by atoms with Gasteiger partial charge in [0.25, 0.3) is 5.69 Å². The van der Waals surface area contributed by atoms with Gasteiger partial charge in [-0.1, -0.05) is 0 Å². The van der Waals surface area contributed by atoms with Gasteiger partial charge in [0.1, 0.15) is 0 Å². The number of hydrogen-bond acceptors (Lipinski definition) is 7. The van der Waals surface area contributed by atoms with Gasteiger partial charge in [-0.2, -0.15) is 5.01 Å². The third kappa shape index (κ3) is 3.52. The molecule has 0 saturated heterocycles. The van der Waals surface area contributed by atoms with Crippen molar-refractivity contribution in [3.63, 3.8) is 0 Å². The minimum Gasteiger partial charge on any atom is -0.493 e. The molecule has 0 fully saturated rings. The summed E-state index contributed by atoms with van der Waals surface area (Å²) in [6.07, 6.45) is -0.814. The van der Waals surface area contributed by atoms with E-state index >= 15 is 0 Å². The van der Waals surface area contributed by atoms with Gasteiger partial charge >= 0.3 is 0 Å². The summed E-state index contributed by atoms with van der Waals surface area (Å²) in [4.78, 5) is 22.3.